The van der Waals surface area contributed by atoms with Crippen molar-refractivity contribution in [2.24, 2.45) is 5.92 Å². The highest BCUT2D eigenvalue weighted by atomic mass is 19.1. The lowest BCUT2D eigenvalue weighted by atomic mass is 10.1. The van der Waals surface area contributed by atoms with Gasteiger partial charge in [-0.05, 0) is 30.9 Å². The Morgan fingerprint density at radius 1 is 1.53 bits per heavy atom. The first-order valence-electron chi connectivity index (χ1n) is 5.70. The highest BCUT2D eigenvalue weighted by Gasteiger charge is 2.13. The second-order valence-corrected chi connectivity index (χ2v) is 4.26. The number of hydrogen-bond donors (Lipinski definition) is 2. The van der Waals surface area contributed by atoms with E-state index in [1.165, 1.54) is 6.07 Å². The first-order chi connectivity index (χ1) is 8.06. The van der Waals surface area contributed by atoms with E-state index in [1.807, 2.05) is 6.92 Å². The standard InChI is InChI=1S/C13H18FNO2/c1-9(6-7-16)8-15-13(17)11-5-3-4-10(2)12(11)14/h3-5,9,16H,6-8H2,1-2H3,(H,15,17). The SMILES string of the molecule is Cc1cccc(C(=O)NCC(C)CCO)c1F. The minimum absolute atomic E-state index is 0.0706. The molecule has 0 aliphatic carbocycles. The van der Waals surface area contributed by atoms with Crippen molar-refractivity contribution in [3.05, 3.63) is 35.1 Å². The van der Waals surface area contributed by atoms with Gasteiger partial charge >= 0.3 is 0 Å². The molecule has 1 amide bonds. The molecule has 1 unspecified atom stereocenters. The van der Waals surface area contributed by atoms with E-state index in [-0.39, 0.29) is 18.1 Å². The third-order valence-corrected chi connectivity index (χ3v) is 2.67. The van der Waals surface area contributed by atoms with Gasteiger partial charge in [0.05, 0.1) is 5.56 Å². The summed E-state index contributed by atoms with van der Waals surface area (Å²) in [7, 11) is 0. The predicted molar refractivity (Wildman–Crippen MR) is 64.3 cm³/mol. The van der Waals surface area contributed by atoms with Crippen molar-refractivity contribution in [3.63, 3.8) is 0 Å². The summed E-state index contributed by atoms with van der Waals surface area (Å²) in [5, 5.41) is 11.4. The zero-order chi connectivity index (χ0) is 12.8. The van der Waals surface area contributed by atoms with E-state index < -0.39 is 11.7 Å². The molecule has 1 atom stereocenters. The molecule has 0 saturated carbocycles. The van der Waals surface area contributed by atoms with Crippen molar-refractivity contribution < 1.29 is 14.3 Å². The van der Waals surface area contributed by atoms with Crippen LogP contribution in [-0.4, -0.2) is 24.2 Å². The Labute approximate surface area is 101 Å². The van der Waals surface area contributed by atoms with E-state index in [2.05, 4.69) is 5.32 Å². The fourth-order valence-electron chi connectivity index (χ4n) is 1.51. The normalized spacial score (nSPS) is 12.2. The Morgan fingerprint density at radius 3 is 2.88 bits per heavy atom. The average Bonchev–Trinajstić information content (AvgIpc) is 2.30. The fourth-order valence-corrected chi connectivity index (χ4v) is 1.51. The number of amides is 1. The summed E-state index contributed by atoms with van der Waals surface area (Å²) in [5.74, 6) is -0.701. The van der Waals surface area contributed by atoms with Gasteiger partial charge in [-0.1, -0.05) is 19.1 Å². The number of benzene rings is 1. The molecule has 0 radical (unpaired) electrons. The summed E-state index contributed by atoms with van der Waals surface area (Å²) in [5.41, 5.74) is 0.530. The maximum atomic E-state index is 13.6. The van der Waals surface area contributed by atoms with Crippen LogP contribution in [0.5, 0.6) is 0 Å². The van der Waals surface area contributed by atoms with Crippen LogP contribution in [0.4, 0.5) is 4.39 Å². The molecule has 1 aromatic rings. The molecule has 0 heterocycles. The number of aryl methyl sites for hydroxylation is 1. The van der Waals surface area contributed by atoms with Crippen LogP contribution >= 0.6 is 0 Å². The molecule has 3 nitrogen and oxygen atoms in total. The zero-order valence-corrected chi connectivity index (χ0v) is 10.2. The molecule has 17 heavy (non-hydrogen) atoms. The van der Waals surface area contributed by atoms with Gasteiger partial charge in [-0.3, -0.25) is 4.79 Å². The topological polar surface area (TPSA) is 49.3 Å². The van der Waals surface area contributed by atoms with Crippen molar-refractivity contribution in [2.75, 3.05) is 13.2 Å². The smallest absolute Gasteiger partial charge is 0.254 e. The minimum Gasteiger partial charge on any atom is -0.396 e. The second kappa shape index (κ2) is 6.35. The molecule has 94 valence electrons. The maximum Gasteiger partial charge on any atom is 0.254 e. The summed E-state index contributed by atoms with van der Waals surface area (Å²) in [4.78, 5) is 11.7. The molecule has 0 saturated heterocycles. The third kappa shape index (κ3) is 3.82. The summed E-state index contributed by atoms with van der Waals surface area (Å²) in [6.45, 7) is 4.08. The predicted octanol–water partition coefficient (Wildman–Crippen LogP) is 1.88. The molecule has 0 bridgehead atoms. The molecule has 1 aromatic carbocycles. The van der Waals surface area contributed by atoms with Crippen LogP contribution in [0.1, 0.15) is 29.3 Å². The minimum atomic E-state index is -0.472. The van der Waals surface area contributed by atoms with Gasteiger partial charge < -0.3 is 10.4 Å². The van der Waals surface area contributed by atoms with E-state index in [1.54, 1.807) is 19.1 Å². The first kappa shape index (κ1) is 13.6. The number of hydrogen-bond acceptors (Lipinski definition) is 2. The zero-order valence-electron chi connectivity index (χ0n) is 10.2. The number of rotatable bonds is 5. The molecule has 1 rings (SSSR count). The summed E-state index contributed by atoms with van der Waals surface area (Å²) in [6, 6.07) is 4.75. The van der Waals surface area contributed by atoms with Crippen LogP contribution in [-0.2, 0) is 0 Å². The van der Waals surface area contributed by atoms with Crippen LogP contribution in [0.2, 0.25) is 0 Å². The highest BCUT2D eigenvalue weighted by molar-refractivity contribution is 5.94. The van der Waals surface area contributed by atoms with E-state index in [0.29, 0.717) is 18.5 Å². The number of aliphatic hydroxyl groups is 1. The largest absolute Gasteiger partial charge is 0.396 e. The Bertz CT molecular complexity index is 393. The van der Waals surface area contributed by atoms with Gasteiger partial charge in [-0.25, -0.2) is 4.39 Å². The number of carbonyl (C=O) groups excluding carboxylic acids is 1. The molecular weight excluding hydrogens is 221 g/mol. The first-order valence-corrected chi connectivity index (χ1v) is 5.70. The van der Waals surface area contributed by atoms with Gasteiger partial charge in [0.25, 0.3) is 5.91 Å². The van der Waals surface area contributed by atoms with E-state index in [0.717, 1.165) is 0 Å². The highest BCUT2D eigenvalue weighted by Crippen LogP contribution is 2.11. The average molecular weight is 239 g/mol. The van der Waals surface area contributed by atoms with Gasteiger partial charge in [-0.2, -0.15) is 0 Å². The lowest BCUT2D eigenvalue weighted by Crippen LogP contribution is -2.29. The fraction of sp³-hybridized carbons (Fsp3) is 0.462. The van der Waals surface area contributed by atoms with Gasteiger partial charge in [-0.15, -0.1) is 0 Å². The van der Waals surface area contributed by atoms with Gasteiger partial charge in [0.15, 0.2) is 0 Å². The Balaban J connectivity index is 2.61. The maximum absolute atomic E-state index is 13.6. The molecule has 0 spiro atoms. The summed E-state index contributed by atoms with van der Waals surface area (Å²) in [6.07, 6.45) is 0.622. The van der Waals surface area contributed by atoms with Crippen LogP contribution in [0.3, 0.4) is 0 Å². The summed E-state index contributed by atoms with van der Waals surface area (Å²) < 4.78 is 13.6. The van der Waals surface area contributed by atoms with Crippen LogP contribution in [0.15, 0.2) is 18.2 Å². The molecular formula is C13H18FNO2. The monoisotopic (exact) mass is 239 g/mol. The Kier molecular flexibility index (Phi) is 5.10. The second-order valence-electron chi connectivity index (χ2n) is 4.26. The molecule has 0 aromatic heterocycles. The van der Waals surface area contributed by atoms with Gasteiger partial charge in [0.2, 0.25) is 0 Å². The Morgan fingerprint density at radius 2 is 2.24 bits per heavy atom. The number of halogens is 1. The van der Waals surface area contributed by atoms with Crippen molar-refractivity contribution in [1.82, 2.24) is 5.32 Å². The number of carbonyl (C=O) groups is 1. The molecule has 2 N–H and O–H groups in total. The van der Waals surface area contributed by atoms with Crippen LogP contribution in [0.25, 0.3) is 0 Å². The van der Waals surface area contributed by atoms with Crippen LogP contribution < -0.4 is 5.32 Å². The van der Waals surface area contributed by atoms with E-state index in [9.17, 15) is 9.18 Å². The number of aliphatic hydroxyl groups excluding tert-OH is 1. The number of nitrogens with one attached hydrogen (secondary N) is 1. The van der Waals surface area contributed by atoms with E-state index >= 15 is 0 Å². The Hall–Kier alpha value is -1.42. The molecule has 0 fully saturated rings. The lowest BCUT2D eigenvalue weighted by molar-refractivity contribution is 0.0941. The van der Waals surface area contributed by atoms with Crippen molar-refractivity contribution in [2.45, 2.75) is 20.3 Å². The molecule has 4 heteroatoms. The quantitative estimate of drug-likeness (QED) is 0.824. The molecule has 0 aliphatic heterocycles. The van der Waals surface area contributed by atoms with E-state index in [4.69, 9.17) is 5.11 Å². The third-order valence-electron chi connectivity index (χ3n) is 2.67. The lowest BCUT2D eigenvalue weighted by Gasteiger charge is -2.11. The van der Waals surface area contributed by atoms with Crippen molar-refractivity contribution in [3.8, 4) is 0 Å². The van der Waals surface area contributed by atoms with Crippen molar-refractivity contribution in [1.29, 1.82) is 0 Å². The van der Waals surface area contributed by atoms with Gasteiger partial charge in [0, 0.05) is 13.2 Å². The molecule has 0 aliphatic rings. The van der Waals surface area contributed by atoms with Gasteiger partial charge in [0.1, 0.15) is 5.82 Å². The van der Waals surface area contributed by atoms with Crippen LogP contribution in [0, 0.1) is 18.7 Å². The summed E-state index contributed by atoms with van der Waals surface area (Å²) >= 11 is 0. The van der Waals surface area contributed by atoms with Crippen molar-refractivity contribution >= 4 is 5.91 Å².